The molecule has 0 atom stereocenters. The van der Waals surface area contributed by atoms with Crippen molar-refractivity contribution < 1.29 is 23.3 Å². The van der Waals surface area contributed by atoms with E-state index in [4.69, 9.17) is 0 Å². The first-order chi connectivity index (χ1) is 9.38. The van der Waals surface area contributed by atoms with Crippen molar-refractivity contribution in [2.75, 3.05) is 0 Å². The number of allylic oxidation sites excluding steroid dienone is 4. The van der Waals surface area contributed by atoms with Gasteiger partial charge < -0.3 is 14.9 Å². The van der Waals surface area contributed by atoms with Gasteiger partial charge in [-0.3, -0.25) is 6.08 Å². The minimum atomic E-state index is -0.455. The number of halogens is 2. The maximum atomic E-state index is 2.99. The Bertz CT molecular complexity index is 529. The average Bonchev–Trinajstić information content (AvgIpc) is 3.08. The van der Waals surface area contributed by atoms with Crippen molar-refractivity contribution in [3.8, 4) is 0 Å². The van der Waals surface area contributed by atoms with Gasteiger partial charge in [-0.1, -0.05) is 0 Å². The SMILES string of the molecule is Br.Br.[C-]1=CC=CC1.[CH3-].[CH3-].[Zr]=[Si](c1ccccc1)c1ccccc1. The molecular formula is C19H23Br2SiZr-3. The summed E-state index contributed by atoms with van der Waals surface area (Å²) in [5, 5.41) is 3.03. The summed E-state index contributed by atoms with van der Waals surface area (Å²) in [5.41, 5.74) is -0.455. The zero-order chi connectivity index (χ0) is 13.3. The standard InChI is InChI=1S/C12H10Si.C5H5.2CH3.2BrH.Zr/c1-3-7-11(8-4-1)13-12-9-5-2-6-10-12;1-2-4-5-3-1;;;;;/h1-10H;1-3H,4H2;2*1H3;2*1H;/q;3*-1;;;. The first kappa shape index (κ1) is 27.8. The van der Waals surface area contributed by atoms with E-state index in [1.54, 1.807) is 23.3 Å². The molecule has 0 fully saturated rings. The van der Waals surface area contributed by atoms with Gasteiger partial charge in [0.15, 0.2) is 0 Å². The monoisotopic (exact) mass is 527 g/mol. The van der Waals surface area contributed by atoms with Gasteiger partial charge in [-0.05, 0) is 0 Å². The van der Waals surface area contributed by atoms with Crippen LogP contribution in [-0.2, 0) is 23.3 Å². The van der Waals surface area contributed by atoms with Gasteiger partial charge in [0.25, 0.3) is 0 Å². The third-order valence-corrected chi connectivity index (χ3v) is 8.79. The van der Waals surface area contributed by atoms with Crippen molar-refractivity contribution in [1.29, 1.82) is 0 Å². The van der Waals surface area contributed by atoms with Crippen molar-refractivity contribution in [3.05, 3.63) is 99.8 Å². The molecule has 0 radical (unpaired) electrons. The van der Waals surface area contributed by atoms with Crippen LogP contribution in [0.5, 0.6) is 0 Å². The summed E-state index contributed by atoms with van der Waals surface area (Å²) in [7, 11) is 0. The number of rotatable bonds is 2. The fourth-order valence-corrected chi connectivity index (χ4v) is 5.56. The van der Waals surface area contributed by atoms with E-state index in [9.17, 15) is 0 Å². The second kappa shape index (κ2) is 16.8. The summed E-state index contributed by atoms with van der Waals surface area (Å²) in [6.07, 6.45) is 10.0. The molecule has 1 aliphatic rings. The predicted molar refractivity (Wildman–Crippen MR) is 113 cm³/mol. The second-order valence-corrected chi connectivity index (χ2v) is 9.70. The van der Waals surface area contributed by atoms with Gasteiger partial charge in [-0.15, -0.1) is 40.4 Å². The Kier molecular flexibility index (Phi) is 20.3. The molecular weight excluding hydrogens is 507 g/mol. The van der Waals surface area contributed by atoms with Crippen molar-refractivity contribution in [3.63, 3.8) is 0 Å². The summed E-state index contributed by atoms with van der Waals surface area (Å²) in [5.74, 6) is 0. The Balaban J connectivity index is -0.000000389. The fraction of sp³-hybridized carbons (Fsp3) is 0.0526. The quantitative estimate of drug-likeness (QED) is 0.390. The van der Waals surface area contributed by atoms with E-state index >= 15 is 0 Å². The number of benzene rings is 2. The topological polar surface area (TPSA) is 0 Å². The van der Waals surface area contributed by atoms with Gasteiger partial charge in [0.1, 0.15) is 0 Å². The molecule has 0 spiro atoms. The molecule has 4 heteroatoms. The Morgan fingerprint density at radius 3 is 1.48 bits per heavy atom. The molecule has 0 saturated carbocycles. The van der Waals surface area contributed by atoms with Gasteiger partial charge >= 0.3 is 99.8 Å². The fourth-order valence-electron chi connectivity index (χ4n) is 1.72. The molecule has 0 saturated heterocycles. The summed E-state index contributed by atoms with van der Waals surface area (Å²) >= 11 is 1.64. The molecule has 0 amide bonds. The van der Waals surface area contributed by atoms with Crippen LogP contribution in [0, 0.1) is 20.9 Å². The van der Waals surface area contributed by atoms with E-state index in [0.717, 1.165) is 6.42 Å². The first-order valence-corrected chi connectivity index (χ1v) is 11.5. The van der Waals surface area contributed by atoms with E-state index in [2.05, 4.69) is 72.8 Å². The predicted octanol–water partition coefficient (Wildman–Crippen LogP) is 4.70. The summed E-state index contributed by atoms with van der Waals surface area (Å²) in [4.78, 5) is 0. The summed E-state index contributed by atoms with van der Waals surface area (Å²) in [6.45, 7) is 0. The van der Waals surface area contributed by atoms with E-state index < -0.39 is 5.43 Å². The minimum absolute atomic E-state index is 0. The number of hydrogen-bond donors (Lipinski definition) is 0. The Hall–Kier alpha value is -0.0200. The average molecular weight is 531 g/mol. The van der Waals surface area contributed by atoms with Crippen LogP contribution in [0.2, 0.25) is 0 Å². The zero-order valence-corrected chi connectivity index (χ0v) is 20.4. The van der Waals surface area contributed by atoms with Gasteiger partial charge in [0.05, 0.1) is 0 Å². The zero-order valence-electron chi connectivity index (χ0n) is 13.5. The van der Waals surface area contributed by atoms with Crippen LogP contribution in [0.3, 0.4) is 0 Å². The van der Waals surface area contributed by atoms with Crippen molar-refractivity contribution in [1.82, 2.24) is 0 Å². The number of hydrogen-bond acceptors (Lipinski definition) is 0. The summed E-state index contributed by atoms with van der Waals surface area (Å²) in [6, 6.07) is 21.7. The van der Waals surface area contributed by atoms with Gasteiger partial charge in [-0.2, -0.15) is 6.08 Å². The molecule has 0 nitrogen and oxygen atoms in total. The molecule has 2 aromatic rings. The van der Waals surface area contributed by atoms with Crippen molar-refractivity contribution >= 4 is 49.8 Å². The molecule has 0 bridgehead atoms. The molecule has 1 aliphatic carbocycles. The van der Waals surface area contributed by atoms with Crippen LogP contribution in [0.15, 0.2) is 78.9 Å². The Labute approximate surface area is 178 Å². The molecule has 23 heavy (non-hydrogen) atoms. The van der Waals surface area contributed by atoms with E-state index in [1.807, 2.05) is 12.2 Å². The molecule has 124 valence electrons. The van der Waals surface area contributed by atoms with Crippen molar-refractivity contribution in [2.24, 2.45) is 0 Å². The van der Waals surface area contributed by atoms with E-state index in [-0.39, 0.29) is 48.8 Å². The normalized spacial score (nSPS) is 9.70. The van der Waals surface area contributed by atoms with Gasteiger partial charge in [0, 0.05) is 0 Å². The molecule has 3 rings (SSSR count). The maximum absolute atomic E-state index is 2.99. The molecule has 2 aromatic carbocycles. The van der Waals surface area contributed by atoms with Crippen molar-refractivity contribution in [2.45, 2.75) is 6.42 Å². The van der Waals surface area contributed by atoms with Crippen LogP contribution in [-0.4, -0.2) is 5.43 Å². The third kappa shape index (κ3) is 10.4. The summed E-state index contributed by atoms with van der Waals surface area (Å²) < 4.78 is 0. The van der Waals surface area contributed by atoms with Crippen LogP contribution in [0.4, 0.5) is 0 Å². The van der Waals surface area contributed by atoms with Crippen LogP contribution in [0.1, 0.15) is 6.42 Å². The third-order valence-electron chi connectivity index (χ3n) is 2.71. The van der Waals surface area contributed by atoms with Gasteiger partial charge in [0.2, 0.25) is 0 Å². The van der Waals surface area contributed by atoms with E-state index in [1.165, 1.54) is 10.4 Å². The molecule has 0 aromatic heterocycles. The van der Waals surface area contributed by atoms with Gasteiger partial charge in [-0.25, -0.2) is 12.2 Å². The molecule has 0 aliphatic heterocycles. The van der Waals surface area contributed by atoms with Crippen LogP contribution in [0.25, 0.3) is 0 Å². The Morgan fingerprint density at radius 2 is 1.22 bits per heavy atom. The Morgan fingerprint density at radius 1 is 0.783 bits per heavy atom. The molecule has 0 heterocycles. The van der Waals surface area contributed by atoms with Crippen LogP contribution >= 0.6 is 34.0 Å². The first-order valence-electron chi connectivity index (χ1n) is 6.29. The molecule has 0 unspecified atom stereocenters. The van der Waals surface area contributed by atoms with E-state index in [0.29, 0.717) is 0 Å². The molecule has 0 N–H and O–H groups in total. The second-order valence-electron chi connectivity index (χ2n) is 4.11. The van der Waals surface area contributed by atoms with Crippen LogP contribution < -0.4 is 10.4 Å².